The van der Waals surface area contributed by atoms with E-state index in [9.17, 15) is 0 Å². The van der Waals surface area contributed by atoms with Crippen LogP contribution in [0.4, 0.5) is 0 Å². The summed E-state index contributed by atoms with van der Waals surface area (Å²) in [6.45, 7) is 8.62. The molecule has 0 saturated heterocycles. The van der Waals surface area contributed by atoms with Crippen molar-refractivity contribution in [3.05, 3.63) is 36.4 Å². The lowest BCUT2D eigenvalue weighted by molar-refractivity contribution is 0.171. The molecule has 1 aromatic rings. The van der Waals surface area contributed by atoms with E-state index in [4.69, 9.17) is 9.47 Å². The molecule has 0 unspecified atom stereocenters. The van der Waals surface area contributed by atoms with Gasteiger partial charge in [0.25, 0.3) is 0 Å². The van der Waals surface area contributed by atoms with Gasteiger partial charge < -0.3 is 9.47 Å². The van der Waals surface area contributed by atoms with Crippen molar-refractivity contribution in [2.45, 2.75) is 13.8 Å². The first-order chi connectivity index (χ1) is 6.77. The zero-order valence-electron chi connectivity index (χ0n) is 8.75. The highest BCUT2D eigenvalue weighted by atomic mass is 16.6. The van der Waals surface area contributed by atoms with E-state index in [1.165, 1.54) is 5.56 Å². The number of ether oxygens (including phenoxy) is 2. The molecule has 0 aromatic heterocycles. The Kier molecular flexibility index (Phi) is 4.05. The molecule has 1 aromatic carbocycles. The van der Waals surface area contributed by atoms with Crippen molar-refractivity contribution in [3.8, 4) is 11.5 Å². The second-order valence-electron chi connectivity index (χ2n) is 3.06. The molecule has 2 heteroatoms. The van der Waals surface area contributed by atoms with Crippen molar-refractivity contribution in [2.24, 2.45) is 0 Å². The summed E-state index contributed by atoms with van der Waals surface area (Å²) in [4.78, 5) is 0. The van der Waals surface area contributed by atoms with Crippen LogP contribution in [0.2, 0.25) is 0 Å². The first kappa shape index (κ1) is 10.6. The van der Waals surface area contributed by atoms with E-state index in [1.54, 1.807) is 6.08 Å². The third kappa shape index (κ3) is 2.80. The molecule has 1 aliphatic rings. The number of rotatable bonds is 0. The van der Waals surface area contributed by atoms with Gasteiger partial charge in [-0.2, -0.15) is 0 Å². The average molecular weight is 192 g/mol. The lowest BCUT2D eigenvalue weighted by Gasteiger charge is -2.18. The highest BCUT2D eigenvalue weighted by molar-refractivity contribution is 5.43. The van der Waals surface area contributed by atoms with Crippen molar-refractivity contribution in [3.63, 3.8) is 0 Å². The van der Waals surface area contributed by atoms with Gasteiger partial charge in [-0.15, -0.1) is 6.58 Å². The van der Waals surface area contributed by atoms with Crippen molar-refractivity contribution >= 4 is 0 Å². The maximum atomic E-state index is 5.38. The lowest BCUT2D eigenvalue weighted by Crippen LogP contribution is -2.15. The van der Waals surface area contributed by atoms with Crippen LogP contribution < -0.4 is 9.47 Å². The first-order valence-electron chi connectivity index (χ1n) is 4.71. The lowest BCUT2D eigenvalue weighted by atomic mass is 10.2. The fourth-order valence-electron chi connectivity index (χ4n) is 1.15. The summed E-state index contributed by atoms with van der Waals surface area (Å²) < 4.78 is 10.7. The van der Waals surface area contributed by atoms with Crippen LogP contribution >= 0.6 is 0 Å². The van der Waals surface area contributed by atoms with Crippen LogP contribution in [0, 0.1) is 6.92 Å². The smallest absolute Gasteiger partial charge is 0.161 e. The van der Waals surface area contributed by atoms with Crippen LogP contribution in [-0.2, 0) is 0 Å². The van der Waals surface area contributed by atoms with Crippen LogP contribution in [0.5, 0.6) is 11.5 Å². The highest BCUT2D eigenvalue weighted by Gasteiger charge is 2.09. The van der Waals surface area contributed by atoms with Crippen LogP contribution in [0.3, 0.4) is 0 Å². The predicted octanol–water partition coefficient (Wildman–Crippen LogP) is 2.96. The molecular weight excluding hydrogens is 176 g/mol. The number of aryl methyl sites for hydroxylation is 1. The number of fused-ring (bicyclic) bond motifs is 1. The Morgan fingerprint density at radius 3 is 2.43 bits per heavy atom. The van der Waals surface area contributed by atoms with Crippen LogP contribution in [0.1, 0.15) is 12.5 Å². The van der Waals surface area contributed by atoms with E-state index in [0.29, 0.717) is 13.2 Å². The summed E-state index contributed by atoms with van der Waals surface area (Å²) >= 11 is 0. The van der Waals surface area contributed by atoms with Gasteiger partial charge in [0, 0.05) is 0 Å². The van der Waals surface area contributed by atoms with E-state index in [2.05, 4.69) is 6.58 Å². The Balaban J connectivity index is 0.000000293. The summed E-state index contributed by atoms with van der Waals surface area (Å²) in [5.41, 5.74) is 1.20. The van der Waals surface area contributed by atoms with Crippen molar-refractivity contribution in [1.82, 2.24) is 0 Å². The van der Waals surface area contributed by atoms with Crippen LogP contribution in [-0.4, -0.2) is 13.2 Å². The van der Waals surface area contributed by atoms with Gasteiger partial charge in [-0.05, 0) is 31.5 Å². The zero-order chi connectivity index (χ0) is 10.4. The van der Waals surface area contributed by atoms with Gasteiger partial charge in [-0.3, -0.25) is 0 Å². The molecule has 0 bridgehead atoms. The van der Waals surface area contributed by atoms with Gasteiger partial charge in [-0.1, -0.05) is 12.1 Å². The molecule has 14 heavy (non-hydrogen) atoms. The zero-order valence-corrected chi connectivity index (χ0v) is 8.75. The largest absolute Gasteiger partial charge is 0.486 e. The highest BCUT2D eigenvalue weighted by Crippen LogP contribution is 2.30. The Morgan fingerprint density at radius 1 is 1.21 bits per heavy atom. The molecule has 2 rings (SSSR count). The molecule has 0 N–H and O–H groups in total. The van der Waals surface area contributed by atoms with Gasteiger partial charge in [0.05, 0.1) is 0 Å². The molecule has 0 saturated carbocycles. The molecule has 0 fully saturated rings. The van der Waals surface area contributed by atoms with Crippen LogP contribution in [0.15, 0.2) is 30.9 Å². The van der Waals surface area contributed by atoms with E-state index in [-0.39, 0.29) is 0 Å². The Hall–Kier alpha value is -1.44. The van der Waals surface area contributed by atoms with Gasteiger partial charge in [-0.25, -0.2) is 0 Å². The normalized spacial score (nSPS) is 12.4. The summed E-state index contributed by atoms with van der Waals surface area (Å²) in [5, 5.41) is 0. The molecule has 0 aliphatic carbocycles. The molecule has 0 spiro atoms. The van der Waals surface area contributed by atoms with Crippen molar-refractivity contribution in [1.29, 1.82) is 0 Å². The summed E-state index contributed by atoms with van der Waals surface area (Å²) in [7, 11) is 0. The summed E-state index contributed by atoms with van der Waals surface area (Å²) in [6, 6.07) is 5.96. The van der Waals surface area contributed by atoms with Gasteiger partial charge >= 0.3 is 0 Å². The molecule has 76 valence electrons. The minimum atomic E-state index is 0.663. The second-order valence-corrected chi connectivity index (χ2v) is 3.06. The third-order valence-corrected chi connectivity index (χ3v) is 1.70. The first-order valence-corrected chi connectivity index (χ1v) is 4.71. The molecule has 0 atom stereocenters. The predicted molar refractivity (Wildman–Crippen MR) is 58.0 cm³/mol. The van der Waals surface area contributed by atoms with E-state index < -0.39 is 0 Å². The minimum absolute atomic E-state index is 0.663. The number of hydrogen-bond acceptors (Lipinski definition) is 2. The number of benzene rings is 1. The fraction of sp³-hybridized carbons (Fsp3) is 0.333. The number of allylic oxidation sites excluding steroid dienone is 1. The molecule has 0 amide bonds. The number of hydrogen-bond donors (Lipinski definition) is 0. The molecule has 0 radical (unpaired) electrons. The van der Waals surface area contributed by atoms with Crippen molar-refractivity contribution in [2.75, 3.05) is 13.2 Å². The topological polar surface area (TPSA) is 18.5 Å². The van der Waals surface area contributed by atoms with E-state index in [1.807, 2.05) is 32.0 Å². The second kappa shape index (κ2) is 5.32. The molecular formula is C12H16O2. The summed E-state index contributed by atoms with van der Waals surface area (Å²) in [5.74, 6) is 1.73. The fourth-order valence-corrected chi connectivity index (χ4v) is 1.15. The Labute approximate surface area is 85.2 Å². The maximum absolute atomic E-state index is 5.38. The van der Waals surface area contributed by atoms with E-state index >= 15 is 0 Å². The quantitative estimate of drug-likeness (QED) is 0.588. The minimum Gasteiger partial charge on any atom is -0.486 e. The van der Waals surface area contributed by atoms with E-state index in [0.717, 1.165) is 11.5 Å². The van der Waals surface area contributed by atoms with Gasteiger partial charge in [0.2, 0.25) is 0 Å². The summed E-state index contributed by atoms with van der Waals surface area (Å²) in [6.07, 6.45) is 1.75. The van der Waals surface area contributed by atoms with Crippen LogP contribution in [0.25, 0.3) is 0 Å². The molecule has 1 heterocycles. The third-order valence-electron chi connectivity index (χ3n) is 1.70. The Morgan fingerprint density at radius 2 is 1.79 bits per heavy atom. The average Bonchev–Trinajstić information content (AvgIpc) is 2.19. The standard InChI is InChI=1S/C9H10O2.C3H6/c1-7-2-3-8-9(6-7)11-5-4-10-8;1-3-2/h2-3,6H,4-5H2,1H3;3H,1H2,2H3. The van der Waals surface area contributed by atoms with Crippen molar-refractivity contribution < 1.29 is 9.47 Å². The molecule has 2 nitrogen and oxygen atoms in total. The van der Waals surface area contributed by atoms with Gasteiger partial charge in [0.15, 0.2) is 11.5 Å². The maximum Gasteiger partial charge on any atom is 0.161 e. The Bertz CT molecular complexity index is 305. The SMILES string of the molecule is C=CC.Cc1ccc2c(c1)OCCO2. The van der Waals surface area contributed by atoms with Gasteiger partial charge in [0.1, 0.15) is 13.2 Å². The molecule has 1 aliphatic heterocycles. The monoisotopic (exact) mass is 192 g/mol.